The maximum Gasteiger partial charge on any atom is 0.260 e. The van der Waals surface area contributed by atoms with E-state index in [1.165, 1.54) is 30.1 Å². The second kappa shape index (κ2) is 7.47. The number of carbonyl (C=O) groups is 2. The van der Waals surface area contributed by atoms with Gasteiger partial charge in [-0.1, -0.05) is 6.07 Å². The molecule has 0 saturated heterocycles. The van der Waals surface area contributed by atoms with E-state index in [1.54, 1.807) is 6.07 Å². The van der Waals surface area contributed by atoms with Gasteiger partial charge < -0.3 is 15.0 Å². The van der Waals surface area contributed by atoms with Gasteiger partial charge in [0.2, 0.25) is 5.91 Å². The van der Waals surface area contributed by atoms with Gasteiger partial charge in [0.25, 0.3) is 5.91 Å². The first-order chi connectivity index (χ1) is 9.38. The highest BCUT2D eigenvalue weighted by Gasteiger charge is 2.14. The number of nitrogens with zero attached hydrogens (tertiary/aromatic N) is 1. The van der Waals surface area contributed by atoms with E-state index in [0.717, 1.165) is 0 Å². The van der Waals surface area contributed by atoms with Crippen molar-refractivity contribution < 1.29 is 18.7 Å². The van der Waals surface area contributed by atoms with E-state index in [0.29, 0.717) is 0 Å². The van der Waals surface area contributed by atoms with Crippen molar-refractivity contribution in [3.8, 4) is 5.75 Å². The fourth-order valence-corrected chi connectivity index (χ4v) is 1.48. The Balaban J connectivity index is 2.40. The SMILES string of the molecule is CC(C)NC(=O)CN(C)C(=O)COc1cccc(F)c1. The molecule has 0 aliphatic heterocycles. The maximum atomic E-state index is 12.9. The second-order valence-corrected chi connectivity index (χ2v) is 4.72. The van der Waals surface area contributed by atoms with Gasteiger partial charge in [0.15, 0.2) is 6.61 Å². The zero-order valence-electron chi connectivity index (χ0n) is 11.9. The first-order valence-corrected chi connectivity index (χ1v) is 6.30. The van der Waals surface area contributed by atoms with Crippen molar-refractivity contribution >= 4 is 11.8 Å². The normalized spacial score (nSPS) is 10.2. The van der Waals surface area contributed by atoms with Crippen LogP contribution in [0.15, 0.2) is 24.3 Å². The third kappa shape index (κ3) is 5.69. The maximum absolute atomic E-state index is 12.9. The average Bonchev–Trinajstić information content (AvgIpc) is 2.34. The summed E-state index contributed by atoms with van der Waals surface area (Å²) in [6.45, 7) is 3.40. The van der Waals surface area contributed by atoms with Crippen LogP contribution >= 0.6 is 0 Å². The molecule has 1 aromatic carbocycles. The Hall–Kier alpha value is -2.11. The highest BCUT2D eigenvalue weighted by molar-refractivity contribution is 5.85. The summed E-state index contributed by atoms with van der Waals surface area (Å²) in [6, 6.07) is 5.56. The first-order valence-electron chi connectivity index (χ1n) is 6.30. The van der Waals surface area contributed by atoms with Crippen molar-refractivity contribution in [1.82, 2.24) is 10.2 Å². The second-order valence-electron chi connectivity index (χ2n) is 4.72. The number of hydrogen-bond acceptors (Lipinski definition) is 3. The first kappa shape index (κ1) is 15.9. The van der Waals surface area contributed by atoms with Crippen LogP contribution in [0.2, 0.25) is 0 Å². The van der Waals surface area contributed by atoms with Gasteiger partial charge in [0.05, 0.1) is 6.54 Å². The van der Waals surface area contributed by atoms with Crippen molar-refractivity contribution in [2.45, 2.75) is 19.9 Å². The Morgan fingerprint density at radius 1 is 1.40 bits per heavy atom. The largest absolute Gasteiger partial charge is 0.484 e. The lowest BCUT2D eigenvalue weighted by Gasteiger charge is -2.18. The van der Waals surface area contributed by atoms with E-state index in [1.807, 2.05) is 13.8 Å². The van der Waals surface area contributed by atoms with Crippen LogP contribution in [0.25, 0.3) is 0 Å². The Kier molecular flexibility index (Phi) is 5.96. The fraction of sp³-hybridized carbons (Fsp3) is 0.429. The summed E-state index contributed by atoms with van der Waals surface area (Å²) < 4.78 is 18.1. The highest BCUT2D eigenvalue weighted by Crippen LogP contribution is 2.11. The lowest BCUT2D eigenvalue weighted by atomic mass is 10.3. The number of ether oxygens (including phenoxy) is 1. The molecule has 0 unspecified atom stereocenters. The molecule has 1 aromatic rings. The monoisotopic (exact) mass is 282 g/mol. The van der Waals surface area contributed by atoms with Gasteiger partial charge in [-0.05, 0) is 26.0 Å². The Morgan fingerprint density at radius 3 is 2.70 bits per heavy atom. The minimum absolute atomic E-state index is 0.0227. The Labute approximate surface area is 117 Å². The van der Waals surface area contributed by atoms with Gasteiger partial charge in [-0.2, -0.15) is 0 Å². The topological polar surface area (TPSA) is 58.6 Å². The molecule has 0 spiro atoms. The molecule has 0 fully saturated rings. The Bertz CT molecular complexity index is 477. The van der Waals surface area contributed by atoms with E-state index in [-0.39, 0.29) is 36.8 Å². The number of carbonyl (C=O) groups excluding carboxylic acids is 2. The average molecular weight is 282 g/mol. The lowest BCUT2D eigenvalue weighted by molar-refractivity contribution is -0.136. The summed E-state index contributed by atoms with van der Waals surface area (Å²) in [7, 11) is 1.51. The van der Waals surface area contributed by atoms with E-state index < -0.39 is 5.82 Å². The van der Waals surface area contributed by atoms with E-state index in [2.05, 4.69) is 5.32 Å². The van der Waals surface area contributed by atoms with Crippen molar-refractivity contribution in [3.63, 3.8) is 0 Å². The predicted molar refractivity (Wildman–Crippen MR) is 72.8 cm³/mol. The summed E-state index contributed by atoms with van der Waals surface area (Å²) in [5.41, 5.74) is 0. The number of benzene rings is 1. The molecule has 5 nitrogen and oxygen atoms in total. The minimum atomic E-state index is -0.431. The molecule has 6 heteroatoms. The Morgan fingerprint density at radius 2 is 2.10 bits per heavy atom. The van der Waals surface area contributed by atoms with E-state index in [4.69, 9.17) is 4.74 Å². The molecule has 0 heterocycles. The quantitative estimate of drug-likeness (QED) is 0.852. The van der Waals surface area contributed by atoms with Gasteiger partial charge in [0.1, 0.15) is 11.6 Å². The number of nitrogens with one attached hydrogen (secondary N) is 1. The van der Waals surface area contributed by atoms with Crippen molar-refractivity contribution in [2.24, 2.45) is 0 Å². The molecule has 0 saturated carbocycles. The molecule has 1 rings (SSSR count). The van der Waals surface area contributed by atoms with Crippen molar-refractivity contribution in [1.29, 1.82) is 0 Å². The zero-order chi connectivity index (χ0) is 15.1. The third-order valence-corrected chi connectivity index (χ3v) is 2.41. The van der Waals surface area contributed by atoms with Crippen LogP contribution < -0.4 is 10.1 Å². The van der Waals surface area contributed by atoms with E-state index in [9.17, 15) is 14.0 Å². The van der Waals surface area contributed by atoms with Crippen LogP contribution in [0.4, 0.5) is 4.39 Å². The smallest absolute Gasteiger partial charge is 0.260 e. The predicted octanol–water partition coefficient (Wildman–Crippen LogP) is 1.19. The van der Waals surface area contributed by atoms with Gasteiger partial charge in [-0.25, -0.2) is 4.39 Å². The molecule has 0 bridgehead atoms. The van der Waals surface area contributed by atoms with Crippen molar-refractivity contribution in [2.75, 3.05) is 20.2 Å². The number of likely N-dealkylation sites (N-methyl/N-ethyl adjacent to an activating group) is 1. The molecule has 20 heavy (non-hydrogen) atoms. The van der Waals surface area contributed by atoms with E-state index >= 15 is 0 Å². The molecule has 2 amide bonds. The zero-order valence-corrected chi connectivity index (χ0v) is 11.9. The molecule has 0 aromatic heterocycles. The summed E-state index contributed by atoms with van der Waals surface area (Å²) in [5.74, 6) is -0.743. The molecule has 0 radical (unpaired) electrons. The van der Waals surface area contributed by atoms with Gasteiger partial charge in [-0.3, -0.25) is 9.59 Å². The number of hydrogen-bond donors (Lipinski definition) is 1. The molecule has 0 aliphatic rings. The van der Waals surface area contributed by atoms with Crippen LogP contribution in [-0.4, -0.2) is 43.0 Å². The van der Waals surface area contributed by atoms with Crippen molar-refractivity contribution in [3.05, 3.63) is 30.1 Å². The number of rotatable bonds is 6. The summed E-state index contributed by atoms with van der Waals surface area (Å²) in [5, 5.41) is 2.69. The van der Waals surface area contributed by atoms with Crippen LogP contribution in [0.3, 0.4) is 0 Å². The fourth-order valence-electron chi connectivity index (χ4n) is 1.48. The lowest BCUT2D eigenvalue weighted by Crippen LogP contribution is -2.42. The standard InChI is InChI=1S/C14H19FN2O3/c1-10(2)16-13(18)8-17(3)14(19)9-20-12-6-4-5-11(15)7-12/h4-7,10H,8-9H2,1-3H3,(H,16,18). The molecule has 0 atom stereocenters. The highest BCUT2D eigenvalue weighted by atomic mass is 19.1. The summed E-state index contributed by atoms with van der Waals surface area (Å²) in [4.78, 5) is 24.5. The number of halogens is 1. The van der Waals surface area contributed by atoms with Crippen LogP contribution in [0.1, 0.15) is 13.8 Å². The molecular weight excluding hydrogens is 263 g/mol. The molecular formula is C14H19FN2O3. The van der Waals surface area contributed by atoms with Crippen LogP contribution in [-0.2, 0) is 9.59 Å². The molecule has 0 aliphatic carbocycles. The van der Waals surface area contributed by atoms with Gasteiger partial charge >= 0.3 is 0 Å². The number of amides is 2. The van der Waals surface area contributed by atoms with Gasteiger partial charge in [-0.15, -0.1) is 0 Å². The molecule has 1 N–H and O–H groups in total. The van der Waals surface area contributed by atoms with Gasteiger partial charge in [0, 0.05) is 19.2 Å². The summed E-state index contributed by atoms with van der Waals surface area (Å²) >= 11 is 0. The van der Waals surface area contributed by atoms with Crippen LogP contribution in [0.5, 0.6) is 5.75 Å². The van der Waals surface area contributed by atoms with Crippen LogP contribution in [0, 0.1) is 5.82 Å². The summed E-state index contributed by atoms with van der Waals surface area (Å²) in [6.07, 6.45) is 0. The minimum Gasteiger partial charge on any atom is -0.484 e. The molecule has 110 valence electrons. The third-order valence-electron chi connectivity index (χ3n) is 2.41.